The Bertz CT molecular complexity index is 258. The van der Waals surface area contributed by atoms with Crippen molar-refractivity contribution in [3.63, 3.8) is 0 Å². The van der Waals surface area contributed by atoms with Crippen molar-refractivity contribution in [3.05, 3.63) is 29.6 Å². The average Bonchev–Trinajstić information content (AvgIpc) is 1.82. The van der Waals surface area contributed by atoms with E-state index in [9.17, 15) is 0 Å². The Labute approximate surface area is 74.8 Å². The zero-order valence-electron chi connectivity index (χ0n) is 8.39. The molecule has 0 spiro atoms. The lowest BCUT2D eigenvalue weighted by atomic mass is 9.90. The van der Waals surface area contributed by atoms with E-state index in [1.165, 1.54) is 5.69 Å². The number of pyridine rings is 1. The molecule has 1 heterocycles. The van der Waals surface area contributed by atoms with Crippen LogP contribution in [0.4, 0.5) is 0 Å². The smallest absolute Gasteiger partial charge is 0.0412 e. The highest BCUT2D eigenvalue weighted by molar-refractivity contribution is 5.10. The van der Waals surface area contributed by atoms with E-state index < -0.39 is 0 Å². The molecule has 0 unspecified atom stereocenters. The lowest BCUT2D eigenvalue weighted by Crippen LogP contribution is -2.10. The van der Waals surface area contributed by atoms with E-state index in [0.29, 0.717) is 5.41 Å². The summed E-state index contributed by atoms with van der Waals surface area (Å²) in [5.74, 6) is 0. The van der Waals surface area contributed by atoms with Crippen LogP contribution < -0.4 is 0 Å². The third-order valence-electron chi connectivity index (χ3n) is 1.66. The highest BCUT2D eigenvalue weighted by atomic mass is 14.7. The number of aromatic nitrogens is 1. The molecule has 1 aromatic heterocycles. The third kappa shape index (κ3) is 3.04. The molecule has 0 aliphatic rings. The van der Waals surface area contributed by atoms with Gasteiger partial charge in [-0.2, -0.15) is 0 Å². The molecule has 0 amide bonds. The van der Waals surface area contributed by atoms with Crippen LogP contribution >= 0.6 is 0 Å². The van der Waals surface area contributed by atoms with Crippen molar-refractivity contribution < 1.29 is 0 Å². The third-order valence-corrected chi connectivity index (χ3v) is 1.66. The van der Waals surface area contributed by atoms with Gasteiger partial charge in [-0.15, -0.1) is 0 Å². The quantitative estimate of drug-likeness (QED) is 0.620. The van der Waals surface area contributed by atoms with Crippen molar-refractivity contribution >= 4 is 0 Å². The Balaban J connectivity index is 2.77. The Morgan fingerprint density at radius 1 is 1.25 bits per heavy atom. The largest absolute Gasteiger partial charge is 0.258 e. The Morgan fingerprint density at radius 2 is 1.92 bits per heavy atom. The van der Waals surface area contributed by atoms with Gasteiger partial charge in [-0.3, -0.25) is 4.98 Å². The van der Waals surface area contributed by atoms with E-state index in [0.717, 1.165) is 12.1 Å². The molecule has 0 radical (unpaired) electrons. The van der Waals surface area contributed by atoms with Crippen LogP contribution in [-0.4, -0.2) is 4.98 Å². The summed E-state index contributed by atoms with van der Waals surface area (Å²) in [7, 11) is 0. The molecule has 66 valence electrons. The van der Waals surface area contributed by atoms with E-state index in [2.05, 4.69) is 37.9 Å². The van der Waals surface area contributed by atoms with Crippen LogP contribution in [0.25, 0.3) is 0 Å². The minimum absolute atomic E-state index is 0.334. The first-order valence-electron chi connectivity index (χ1n) is 4.40. The molecular formula is C11H17N. The predicted octanol–water partition coefficient (Wildman–Crippen LogP) is 2.98. The van der Waals surface area contributed by atoms with Crippen molar-refractivity contribution in [2.24, 2.45) is 5.41 Å². The first-order valence-corrected chi connectivity index (χ1v) is 4.40. The van der Waals surface area contributed by atoms with Crippen LogP contribution in [-0.2, 0) is 6.42 Å². The summed E-state index contributed by atoms with van der Waals surface area (Å²) >= 11 is 0. The molecule has 1 nitrogen and oxygen atoms in total. The molecule has 0 aliphatic heterocycles. The van der Waals surface area contributed by atoms with E-state index in [1.54, 1.807) is 0 Å². The summed E-state index contributed by atoms with van der Waals surface area (Å²) in [6.07, 6.45) is 1.05. The second kappa shape index (κ2) is 3.26. The molecule has 1 aromatic rings. The number of rotatable bonds is 1. The van der Waals surface area contributed by atoms with Crippen molar-refractivity contribution in [2.75, 3.05) is 0 Å². The van der Waals surface area contributed by atoms with E-state index in [4.69, 9.17) is 0 Å². The van der Waals surface area contributed by atoms with Gasteiger partial charge in [0.1, 0.15) is 0 Å². The lowest BCUT2D eigenvalue weighted by Gasteiger charge is -2.17. The van der Waals surface area contributed by atoms with Crippen molar-refractivity contribution in [2.45, 2.75) is 34.1 Å². The molecule has 0 N–H and O–H groups in total. The molecule has 1 rings (SSSR count). The molecule has 0 aliphatic carbocycles. The number of hydrogen-bond donors (Lipinski definition) is 0. The first kappa shape index (κ1) is 9.24. The van der Waals surface area contributed by atoms with Gasteiger partial charge >= 0.3 is 0 Å². The van der Waals surface area contributed by atoms with Gasteiger partial charge in [0, 0.05) is 11.4 Å². The maximum absolute atomic E-state index is 4.46. The van der Waals surface area contributed by atoms with E-state index in [1.807, 2.05) is 13.0 Å². The zero-order valence-corrected chi connectivity index (χ0v) is 8.39. The minimum Gasteiger partial charge on any atom is -0.258 e. The summed E-state index contributed by atoms with van der Waals surface area (Å²) in [4.78, 5) is 4.46. The van der Waals surface area contributed by atoms with Gasteiger partial charge < -0.3 is 0 Å². The minimum atomic E-state index is 0.334. The number of hydrogen-bond acceptors (Lipinski definition) is 1. The molecule has 0 bridgehead atoms. The van der Waals surface area contributed by atoms with Crippen LogP contribution in [0.2, 0.25) is 0 Å². The Morgan fingerprint density at radius 3 is 2.42 bits per heavy atom. The maximum atomic E-state index is 4.46. The molecule has 12 heavy (non-hydrogen) atoms. The van der Waals surface area contributed by atoms with Crippen molar-refractivity contribution in [1.82, 2.24) is 4.98 Å². The fraction of sp³-hybridized carbons (Fsp3) is 0.545. The molecule has 0 atom stereocenters. The Kier molecular flexibility index (Phi) is 2.51. The SMILES string of the molecule is Cc1cccc(CC(C)(C)C)n1. The fourth-order valence-electron chi connectivity index (χ4n) is 1.24. The number of aryl methyl sites for hydroxylation is 1. The van der Waals surface area contributed by atoms with Gasteiger partial charge in [0.15, 0.2) is 0 Å². The summed E-state index contributed by atoms with van der Waals surface area (Å²) in [5.41, 5.74) is 2.64. The van der Waals surface area contributed by atoms with Gasteiger partial charge in [0.05, 0.1) is 0 Å². The second-order valence-corrected chi connectivity index (χ2v) is 4.51. The average molecular weight is 163 g/mol. The molecule has 0 fully saturated rings. The predicted molar refractivity (Wildman–Crippen MR) is 52.1 cm³/mol. The summed E-state index contributed by atoms with van der Waals surface area (Å²) in [5, 5.41) is 0. The molecule has 0 aromatic carbocycles. The highest BCUT2D eigenvalue weighted by Gasteiger charge is 2.11. The van der Waals surface area contributed by atoms with Crippen LogP contribution in [0.1, 0.15) is 32.2 Å². The first-order chi connectivity index (χ1) is 5.47. The van der Waals surface area contributed by atoms with Crippen molar-refractivity contribution in [1.29, 1.82) is 0 Å². The number of nitrogens with zero attached hydrogens (tertiary/aromatic N) is 1. The molecule has 0 saturated carbocycles. The second-order valence-electron chi connectivity index (χ2n) is 4.51. The molecular weight excluding hydrogens is 146 g/mol. The topological polar surface area (TPSA) is 12.9 Å². The van der Waals surface area contributed by atoms with E-state index in [-0.39, 0.29) is 0 Å². The highest BCUT2D eigenvalue weighted by Crippen LogP contribution is 2.18. The molecule has 0 saturated heterocycles. The maximum Gasteiger partial charge on any atom is 0.0412 e. The van der Waals surface area contributed by atoms with Gasteiger partial charge in [-0.05, 0) is 30.9 Å². The Hall–Kier alpha value is -0.850. The van der Waals surface area contributed by atoms with Crippen molar-refractivity contribution in [3.8, 4) is 0 Å². The fourth-order valence-corrected chi connectivity index (χ4v) is 1.24. The summed E-state index contributed by atoms with van der Waals surface area (Å²) < 4.78 is 0. The summed E-state index contributed by atoms with van der Waals surface area (Å²) in [6.45, 7) is 8.73. The monoisotopic (exact) mass is 163 g/mol. The van der Waals surface area contributed by atoms with Gasteiger partial charge in [0.25, 0.3) is 0 Å². The van der Waals surface area contributed by atoms with Gasteiger partial charge in [-0.1, -0.05) is 26.8 Å². The van der Waals surface area contributed by atoms with Gasteiger partial charge in [0.2, 0.25) is 0 Å². The van der Waals surface area contributed by atoms with Crippen LogP contribution in [0, 0.1) is 12.3 Å². The van der Waals surface area contributed by atoms with E-state index >= 15 is 0 Å². The zero-order chi connectivity index (χ0) is 9.19. The van der Waals surface area contributed by atoms with Gasteiger partial charge in [-0.25, -0.2) is 0 Å². The van der Waals surface area contributed by atoms with Crippen LogP contribution in [0.5, 0.6) is 0 Å². The normalized spacial score (nSPS) is 11.7. The van der Waals surface area contributed by atoms with Crippen LogP contribution in [0.3, 0.4) is 0 Å². The lowest BCUT2D eigenvalue weighted by molar-refractivity contribution is 0.406. The molecule has 1 heteroatoms. The standard InChI is InChI=1S/C11H17N/c1-9-6-5-7-10(12-9)8-11(2,3)4/h5-7H,8H2,1-4H3. The summed E-state index contributed by atoms with van der Waals surface area (Å²) in [6, 6.07) is 6.20. The van der Waals surface area contributed by atoms with Crippen LogP contribution in [0.15, 0.2) is 18.2 Å².